The third kappa shape index (κ3) is 5.85. The number of rotatable bonds is 8. The molecule has 1 amide bonds. The van der Waals surface area contributed by atoms with E-state index in [9.17, 15) is 9.59 Å². The van der Waals surface area contributed by atoms with Crippen molar-refractivity contribution in [3.05, 3.63) is 93.6 Å². The molecule has 0 bridgehead atoms. The fraction of sp³-hybridized carbons (Fsp3) is 0.321. The molecule has 1 N–H and O–H groups in total. The minimum atomic E-state index is -0.00230. The number of hydrogen-bond acceptors (Lipinski definition) is 5. The summed E-state index contributed by atoms with van der Waals surface area (Å²) in [5, 5.41) is 5.05. The Balaban J connectivity index is 1.27. The van der Waals surface area contributed by atoms with Gasteiger partial charge in [-0.3, -0.25) is 14.2 Å². The van der Waals surface area contributed by atoms with Crippen LogP contribution in [0.1, 0.15) is 37.0 Å². The van der Waals surface area contributed by atoms with Gasteiger partial charge in [0.25, 0.3) is 5.56 Å². The summed E-state index contributed by atoms with van der Waals surface area (Å²) in [5.74, 6) is 1.86. The molecule has 2 heterocycles. The highest BCUT2D eigenvalue weighted by Gasteiger charge is 2.27. The third-order valence-electron chi connectivity index (χ3n) is 6.78. The molecule has 0 saturated heterocycles. The van der Waals surface area contributed by atoms with Crippen LogP contribution < -0.4 is 10.9 Å². The molecule has 8 heteroatoms. The summed E-state index contributed by atoms with van der Waals surface area (Å²) >= 11 is 7.60. The second-order valence-electron chi connectivity index (χ2n) is 9.26. The van der Waals surface area contributed by atoms with Crippen LogP contribution in [0, 0.1) is 11.8 Å². The average molecular weight is 522 g/mol. The van der Waals surface area contributed by atoms with E-state index >= 15 is 0 Å². The Morgan fingerprint density at radius 3 is 2.58 bits per heavy atom. The van der Waals surface area contributed by atoms with Crippen LogP contribution in [-0.2, 0) is 23.6 Å². The Bertz CT molecular complexity index is 1380. The molecule has 0 atom stereocenters. The molecule has 4 aromatic rings. The van der Waals surface area contributed by atoms with Gasteiger partial charge in [-0.05, 0) is 73.6 Å². The van der Waals surface area contributed by atoms with Gasteiger partial charge in [0, 0.05) is 23.2 Å². The van der Waals surface area contributed by atoms with E-state index in [1.807, 2.05) is 65.2 Å². The lowest BCUT2D eigenvalue weighted by Gasteiger charge is -2.28. The number of fused-ring (bicyclic) bond motifs is 1. The van der Waals surface area contributed by atoms with Crippen LogP contribution in [0.3, 0.4) is 0 Å². The van der Waals surface area contributed by atoms with E-state index in [2.05, 4.69) is 5.32 Å². The summed E-state index contributed by atoms with van der Waals surface area (Å²) < 4.78 is 7.14. The van der Waals surface area contributed by atoms with E-state index < -0.39 is 0 Å². The van der Waals surface area contributed by atoms with Crippen molar-refractivity contribution in [3.8, 4) is 0 Å². The SMILES string of the molecule is O=C(NCc1ccco1)C1CCC(Cn2c(SCc3ccc(Cl)cc3)nc3ccccc3c2=O)CC1. The van der Waals surface area contributed by atoms with Gasteiger partial charge >= 0.3 is 0 Å². The molecule has 1 aliphatic rings. The zero-order chi connectivity index (χ0) is 24.9. The lowest BCUT2D eigenvalue weighted by atomic mass is 9.81. The predicted molar refractivity (Wildman–Crippen MR) is 143 cm³/mol. The van der Waals surface area contributed by atoms with Gasteiger partial charge in [0.2, 0.25) is 5.91 Å². The fourth-order valence-electron chi connectivity index (χ4n) is 4.74. The topological polar surface area (TPSA) is 77.1 Å². The van der Waals surface area contributed by atoms with Crippen molar-refractivity contribution >= 4 is 40.2 Å². The maximum Gasteiger partial charge on any atom is 0.262 e. The maximum absolute atomic E-state index is 13.5. The van der Waals surface area contributed by atoms with Crippen molar-refractivity contribution in [1.82, 2.24) is 14.9 Å². The van der Waals surface area contributed by atoms with Gasteiger partial charge in [-0.2, -0.15) is 0 Å². The number of amides is 1. The van der Waals surface area contributed by atoms with E-state index in [-0.39, 0.29) is 17.4 Å². The molecule has 0 spiro atoms. The molecule has 36 heavy (non-hydrogen) atoms. The predicted octanol–water partition coefficient (Wildman–Crippen LogP) is 6.06. The van der Waals surface area contributed by atoms with Crippen LogP contribution in [0.15, 0.2) is 81.3 Å². The molecule has 1 aliphatic carbocycles. The van der Waals surface area contributed by atoms with E-state index in [4.69, 9.17) is 21.0 Å². The van der Waals surface area contributed by atoms with Crippen molar-refractivity contribution in [2.24, 2.45) is 11.8 Å². The van der Waals surface area contributed by atoms with Crippen LogP contribution >= 0.6 is 23.4 Å². The van der Waals surface area contributed by atoms with Gasteiger partial charge in [-0.1, -0.05) is 47.6 Å². The number of nitrogens with one attached hydrogen (secondary N) is 1. The summed E-state index contributed by atoms with van der Waals surface area (Å²) in [6, 6.07) is 18.9. The van der Waals surface area contributed by atoms with E-state index in [0.29, 0.717) is 40.7 Å². The van der Waals surface area contributed by atoms with Gasteiger partial charge < -0.3 is 9.73 Å². The number of carbonyl (C=O) groups excluding carboxylic acids is 1. The highest BCUT2D eigenvalue weighted by molar-refractivity contribution is 7.98. The molecular weight excluding hydrogens is 494 g/mol. The monoisotopic (exact) mass is 521 g/mol. The molecular formula is C28H28ClN3O3S. The number of thioether (sulfide) groups is 1. The first-order chi connectivity index (χ1) is 17.6. The van der Waals surface area contributed by atoms with Crippen LogP contribution in [0.5, 0.6) is 0 Å². The summed E-state index contributed by atoms with van der Waals surface area (Å²) in [6.07, 6.45) is 5.05. The number of hydrogen-bond donors (Lipinski definition) is 1. The molecule has 1 saturated carbocycles. The van der Waals surface area contributed by atoms with Gasteiger partial charge in [-0.15, -0.1) is 0 Å². The number of aromatic nitrogens is 2. The lowest BCUT2D eigenvalue weighted by Crippen LogP contribution is -2.34. The molecule has 5 rings (SSSR count). The molecule has 1 fully saturated rings. The van der Waals surface area contributed by atoms with Crippen LogP contribution in [-0.4, -0.2) is 15.5 Å². The van der Waals surface area contributed by atoms with Crippen molar-refractivity contribution in [1.29, 1.82) is 0 Å². The first-order valence-corrected chi connectivity index (χ1v) is 13.6. The lowest BCUT2D eigenvalue weighted by molar-refractivity contribution is -0.126. The molecule has 0 radical (unpaired) electrons. The normalized spacial score (nSPS) is 17.8. The number of nitrogens with zero attached hydrogens (tertiary/aromatic N) is 2. The quantitative estimate of drug-likeness (QED) is 0.225. The van der Waals surface area contributed by atoms with Crippen molar-refractivity contribution < 1.29 is 9.21 Å². The van der Waals surface area contributed by atoms with Gasteiger partial charge in [-0.25, -0.2) is 4.98 Å². The summed E-state index contributed by atoms with van der Waals surface area (Å²) in [5.41, 5.74) is 1.84. The molecule has 2 aromatic heterocycles. The Hall–Kier alpha value is -3.03. The largest absolute Gasteiger partial charge is 0.467 e. The van der Waals surface area contributed by atoms with Crippen LogP contribution in [0.25, 0.3) is 10.9 Å². The molecule has 186 valence electrons. The van der Waals surface area contributed by atoms with Crippen LogP contribution in [0.2, 0.25) is 5.02 Å². The van der Waals surface area contributed by atoms with E-state index in [1.54, 1.807) is 18.0 Å². The van der Waals surface area contributed by atoms with Crippen molar-refractivity contribution in [2.75, 3.05) is 0 Å². The Morgan fingerprint density at radius 2 is 1.83 bits per heavy atom. The Kier molecular flexibility index (Phi) is 7.78. The second kappa shape index (κ2) is 11.4. The summed E-state index contributed by atoms with van der Waals surface area (Å²) in [6.45, 7) is 1.03. The minimum Gasteiger partial charge on any atom is -0.467 e. The maximum atomic E-state index is 13.5. The zero-order valence-corrected chi connectivity index (χ0v) is 21.4. The number of carbonyl (C=O) groups is 1. The van der Waals surface area contributed by atoms with Gasteiger partial charge in [0.1, 0.15) is 5.76 Å². The van der Waals surface area contributed by atoms with Crippen molar-refractivity contribution in [2.45, 2.75) is 49.7 Å². The van der Waals surface area contributed by atoms with Crippen LogP contribution in [0.4, 0.5) is 0 Å². The Labute approximate surface area is 219 Å². The highest BCUT2D eigenvalue weighted by Crippen LogP contribution is 2.31. The summed E-state index contributed by atoms with van der Waals surface area (Å²) in [4.78, 5) is 30.9. The highest BCUT2D eigenvalue weighted by atomic mass is 35.5. The first-order valence-electron chi connectivity index (χ1n) is 12.2. The average Bonchev–Trinajstić information content (AvgIpc) is 3.43. The summed E-state index contributed by atoms with van der Waals surface area (Å²) in [7, 11) is 0. The molecule has 2 aromatic carbocycles. The zero-order valence-electron chi connectivity index (χ0n) is 19.9. The number of furan rings is 1. The number of halogens is 1. The van der Waals surface area contributed by atoms with Gasteiger partial charge in [0.15, 0.2) is 5.16 Å². The molecule has 0 unspecified atom stereocenters. The minimum absolute atomic E-state index is 0.00131. The molecule has 6 nitrogen and oxygen atoms in total. The Morgan fingerprint density at radius 1 is 1.06 bits per heavy atom. The second-order valence-corrected chi connectivity index (χ2v) is 10.6. The number of benzene rings is 2. The first kappa shape index (κ1) is 24.7. The molecule has 0 aliphatic heterocycles. The standard InChI is InChI=1S/C28H28ClN3O3S/c29-22-13-9-20(10-14-22)18-36-28-31-25-6-2-1-5-24(25)27(34)32(28)17-19-7-11-21(12-8-19)26(33)30-16-23-4-3-15-35-23/h1-6,9-10,13-15,19,21H,7-8,11-12,16-18H2,(H,30,33). The van der Waals surface area contributed by atoms with E-state index in [1.165, 1.54) is 0 Å². The van der Waals surface area contributed by atoms with E-state index in [0.717, 1.165) is 42.2 Å². The number of para-hydroxylation sites is 1. The third-order valence-corrected chi connectivity index (χ3v) is 8.08. The fourth-order valence-corrected chi connectivity index (χ4v) is 5.83. The van der Waals surface area contributed by atoms with Crippen molar-refractivity contribution in [3.63, 3.8) is 0 Å². The van der Waals surface area contributed by atoms with Gasteiger partial charge in [0.05, 0.1) is 23.7 Å². The smallest absolute Gasteiger partial charge is 0.262 e.